The third-order valence-electron chi connectivity index (χ3n) is 3.53. The van der Waals surface area contributed by atoms with E-state index in [1.165, 1.54) is 6.07 Å². The number of hydrogen-bond acceptors (Lipinski definition) is 3. The third kappa shape index (κ3) is 2.75. The summed E-state index contributed by atoms with van der Waals surface area (Å²) in [4.78, 5) is 2.32. The molecule has 0 aliphatic carbocycles. The van der Waals surface area contributed by atoms with Crippen LogP contribution in [0.4, 0.5) is 10.1 Å². The van der Waals surface area contributed by atoms with E-state index in [0.29, 0.717) is 29.1 Å². The molecular weight excluding hydrogens is 235 g/mol. The van der Waals surface area contributed by atoms with E-state index in [1.54, 1.807) is 12.1 Å². The Balaban J connectivity index is 2.15. The smallest absolute Gasteiger partial charge is 0.129 e. The molecule has 1 aromatic rings. The van der Waals surface area contributed by atoms with E-state index >= 15 is 0 Å². The van der Waals surface area contributed by atoms with Gasteiger partial charge < -0.3 is 5.73 Å². The average Bonchev–Trinajstić information content (AvgIpc) is 2.29. The van der Waals surface area contributed by atoms with Crippen molar-refractivity contribution < 1.29 is 4.39 Å². The molecular formula is C13H19FN2S. The molecule has 0 saturated carbocycles. The van der Waals surface area contributed by atoms with Crippen LogP contribution in [0.2, 0.25) is 0 Å². The lowest BCUT2D eigenvalue weighted by Crippen LogP contribution is -2.44. The molecule has 0 radical (unpaired) electrons. The van der Waals surface area contributed by atoms with Crippen molar-refractivity contribution in [3.8, 4) is 0 Å². The van der Waals surface area contributed by atoms with Crippen molar-refractivity contribution in [2.75, 3.05) is 18.0 Å². The van der Waals surface area contributed by atoms with Crippen LogP contribution in [0.3, 0.4) is 0 Å². The maximum absolute atomic E-state index is 13.7. The second-order valence-electron chi connectivity index (χ2n) is 4.59. The van der Waals surface area contributed by atoms with Crippen molar-refractivity contribution in [3.05, 3.63) is 29.6 Å². The zero-order valence-electron chi connectivity index (χ0n) is 10.3. The van der Waals surface area contributed by atoms with Crippen molar-refractivity contribution in [1.82, 2.24) is 4.90 Å². The highest BCUT2D eigenvalue weighted by Crippen LogP contribution is 2.27. The molecule has 0 amide bonds. The fraction of sp³-hybridized carbons (Fsp3) is 0.538. The summed E-state index contributed by atoms with van der Waals surface area (Å²) in [6.45, 7) is 6.05. The Kier molecular flexibility index (Phi) is 3.94. The maximum Gasteiger partial charge on any atom is 0.129 e. The number of nitrogens with zero attached hydrogens (tertiary/aromatic N) is 1. The SMILES string of the molecule is CC1SCCN(Cc2c(N)cccc2F)C1C. The first-order chi connectivity index (χ1) is 8.09. The molecule has 17 heavy (non-hydrogen) atoms. The van der Waals surface area contributed by atoms with E-state index in [9.17, 15) is 4.39 Å². The molecule has 2 rings (SSSR count). The number of anilines is 1. The topological polar surface area (TPSA) is 29.3 Å². The molecule has 2 N–H and O–H groups in total. The molecule has 0 aromatic heterocycles. The van der Waals surface area contributed by atoms with Gasteiger partial charge in [0.25, 0.3) is 0 Å². The summed E-state index contributed by atoms with van der Waals surface area (Å²) in [5.41, 5.74) is 7.04. The molecule has 2 atom stereocenters. The Morgan fingerprint density at radius 1 is 1.47 bits per heavy atom. The lowest BCUT2D eigenvalue weighted by atomic mass is 10.1. The van der Waals surface area contributed by atoms with E-state index in [-0.39, 0.29) is 5.82 Å². The largest absolute Gasteiger partial charge is 0.398 e. The molecule has 1 saturated heterocycles. The van der Waals surface area contributed by atoms with E-state index in [1.807, 2.05) is 11.8 Å². The molecule has 1 aromatic carbocycles. The molecule has 2 unspecified atom stereocenters. The van der Waals surface area contributed by atoms with Gasteiger partial charge in [-0.3, -0.25) is 4.90 Å². The second-order valence-corrected chi connectivity index (χ2v) is 6.08. The monoisotopic (exact) mass is 254 g/mol. The number of thioether (sulfide) groups is 1. The summed E-state index contributed by atoms with van der Waals surface area (Å²) in [5, 5.41) is 0.594. The van der Waals surface area contributed by atoms with Gasteiger partial charge in [-0.2, -0.15) is 11.8 Å². The molecule has 4 heteroatoms. The zero-order valence-corrected chi connectivity index (χ0v) is 11.1. The Bertz CT molecular complexity index is 377. The number of rotatable bonds is 2. The van der Waals surface area contributed by atoms with Crippen LogP contribution in [-0.4, -0.2) is 28.5 Å². The lowest BCUT2D eigenvalue weighted by molar-refractivity contribution is 0.202. The highest BCUT2D eigenvalue weighted by molar-refractivity contribution is 8.00. The lowest BCUT2D eigenvalue weighted by Gasteiger charge is -2.37. The van der Waals surface area contributed by atoms with Crippen molar-refractivity contribution in [3.63, 3.8) is 0 Å². The van der Waals surface area contributed by atoms with E-state index in [0.717, 1.165) is 12.3 Å². The van der Waals surface area contributed by atoms with Crippen molar-refractivity contribution >= 4 is 17.4 Å². The van der Waals surface area contributed by atoms with Crippen LogP contribution in [0, 0.1) is 5.82 Å². The van der Waals surface area contributed by atoms with Crippen LogP contribution >= 0.6 is 11.8 Å². The molecule has 1 fully saturated rings. The van der Waals surface area contributed by atoms with Gasteiger partial charge in [-0.15, -0.1) is 0 Å². The second kappa shape index (κ2) is 5.27. The summed E-state index contributed by atoms with van der Waals surface area (Å²) in [5.74, 6) is 0.919. The summed E-state index contributed by atoms with van der Waals surface area (Å²) in [6.07, 6.45) is 0. The van der Waals surface area contributed by atoms with Gasteiger partial charge in [0.2, 0.25) is 0 Å². The zero-order chi connectivity index (χ0) is 12.4. The van der Waals surface area contributed by atoms with Crippen LogP contribution in [-0.2, 0) is 6.54 Å². The molecule has 1 aliphatic heterocycles. The Morgan fingerprint density at radius 3 is 2.94 bits per heavy atom. The minimum Gasteiger partial charge on any atom is -0.398 e. The number of hydrogen-bond donors (Lipinski definition) is 1. The number of halogens is 1. The van der Waals surface area contributed by atoms with Crippen molar-refractivity contribution in [1.29, 1.82) is 0 Å². The summed E-state index contributed by atoms with van der Waals surface area (Å²) in [7, 11) is 0. The predicted octanol–water partition coefficient (Wildman–Crippen LogP) is 2.73. The Morgan fingerprint density at radius 2 is 2.24 bits per heavy atom. The minimum atomic E-state index is -0.192. The standard InChI is InChI=1S/C13H19FN2S/c1-9-10(2)17-7-6-16(9)8-11-12(14)4-3-5-13(11)15/h3-5,9-10H,6-8,15H2,1-2H3. The van der Waals surface area contributed by atoms with Crippen LogP contribution in [0.1, 0.15) is 19.4 Å². The van der Waals surface area contributed by atoms with Crippen molar-refractivity contribution in [2.45, 2.75) is 31.7 Å². The van der Waals surface area contributed by atoms with Gasteiger partial charge >= 0.3 is 0 Å². The van der Waals surface area contributed by atoms with Crippen LogP contribution in [0.25, 0.3) is 0 Å². The Labute approximate surface area is 106 Å². The maximum atomic E-state index is 13.7. The first-order valence-electron chi connectivity index (χ1n) is 5.98. The van der Waals surface area contributed by atoms with Gasteiger partial charge in [-0.1, -0.05) is 13.0 Å². The molecule has 0 bridgehead atoms. The quantitative estimate of drug-likeness (QED) is 0.823. The fourth-order valence-corrected chi connectivity index (χ4v) is 3.33. The van der Waals surface area contributed by atoms with Crippen LogP contribution in [0.5, 0.6) is 0 Å². The number of benzene rings is 1. The fourth-order valence-electron chi connectivity index (χ4n) is 2.16. The minimum absolute atomic E-state index is 0.192. The van der Waals surface area contributed by atoms with Gasteiger partial charge in [-0.25, -0.2) is 4.39 Å². The third-order valence-corrected chi connectivity index (χ3v) is 4.87. The highest BCUT2D eigenvalue weighted by Gasteiger charge is 2.26. The number of nitrogens with two attached hydrogens (primary N) is 1. The van der Waals surface area contributed by atoms with Crippen LogP contribution in [0.15, 0.2) is 18.2 Å². The molecule has 94 valence electrons. The van der Waals surface area contributed by atoms with Crippen molar-refractivity contribution in [2.24, 2.45) is 0 Å². The average molecular weight is 254 g/mol. The normalized spacial score (nSPS) is 26.1. The molecule has 1 aliphatic rings. The summed E-state index contributed by atoms with van der Waals surface area (Å²) in [6, 6.07) is 5.38. The number of nitrogen functional groups attached to an aromatic ring is 1. The predicted molar refractivity (Wildman–Crippen MR) is 72.6 cm³/mol. The summed E-state index contributed by atoms with van der Waals surface area (Å²) >= 11 is 1.98. The van der Waals surface area contributed by atoms with Crippen LogP contribution < -0.4 is 5.73 Å². The summed E-state index contributed by atoms with van der Waals surface area (Å²) < 4.78 is 13.7. The van der Waals surface area contributed by atoms with Gasteiger partial charge in [0, 0.05) is 41.4 Å². The van der Waals surface area contributed by atoms with E-state index < -0.39 is 0 Å². The molecule has 1 heterocycles. The Hall–Kier alpha value is -0.740. The first-order valence-corrected chi connectivity index (χ1v) is 7.03. The highest BCUT2D eigenvalue weighted by atomic mass is 32.2. The first kappa shape index (κ1) is 12.7. The van der Waals surface area contributed by atoms with E-state index in [4.69, 9.17) is 5.73 Å². The molecule has 2 nitrogen and oxygen atoms in total. The van der Waals surface area contributed by atoms with E-state index in [2.05, 4.69) is 18.7 Å². The van der Waals surface area contributed by atoms with Gasteiger partial charge in [-0.05, 0) is 19.1 Å². The molecule has 0 spiro atoms. The van der Waals surface area contributed by atoms with Gasteiger partial charge in [0.15, 0.2) is 0 Å². The van der Waals surface area contributed by atoms with Gasteiger partial charge in [0.05, 0.1) is 0 Å². The van der Waals surface area contributed by atoms with Gasteiger partial charge in [0.1, 0.15) is 5.82 Å².